The number of carbonyl (C=O) groups excluding carboxylic acids is 1. The Balaban J connectivity index is 1.71. The van der Waals surface area contributed by atoms with E-state index < -0.39 is 16.2 Å². The van der Waals surface area contributed by atoms with Gasteiger partial charge in [-0.1, -0.05) is 30.3 Å². The van der Waals surface area contributed by atoms with E-state index in [9.17, 15) is 13.2 Å². The van der Waals surface area contributed by atoms with Gasteiger partial charge in [0, 0.05) is 32.7 Å². The van der Waals surface area contributed by atoms with Crippen LogP contribution < -0.4 is 0 Å². The number of hydrogen-bond acceptors (Lipinski definition) is 6. The topological polar surface area (TPSA) is 76.2 Å². The van der Waals surface area contributed by atoms with Crippen molar-refractivity contribution in [3.63, 3.8) is 0 Å². The maximum Gasteiger partial charge on any atom is 0.410 e. The van der Waals surface area contributed by atoms with E-state index in [4.69, 9.17) is 8.92 Å². The van der Waals surface area contributed by atoms with Crippen LogP contribution in [-0.4, -0.2) is 69.4 Å². The van der Waals surface area contributed by atoms with Crippen LogP contribution in [0, 0.1) is 0 Å². The Labute approximate surface area is 143 Å². The summed E-state index contributed by atoms with van der Waals surface area (Å²) < 4.78 is 32.4. The van der Waals surface area contributed by atoms with E-state index in [0.29, 0.717) is 32.7 Å². The second kappa shape index (κ2) is 8.46. The lowest BCUT2D eigenvalue weighted by Crippen LogP contribution is -2.50. The SMILES string of the molecule is CC(CN1CCN(C(=O)OCc2ccccc2)CC1)OS(C)(=O)=O. The Morgan fingerprint density at radius 3 is 2.38 bits per heavy atom. The second-order valence-electron chi connectivity index (χ2n) is 5.94. The molecule has 8 heteroatoms. The Bertz CT molecular complexity index is 627. The minimum absolute atomic E-state index is 0.263. The van der Waals surface area contributed by atoms with Crippen molar-refractivity contribution in [1.82, 2.24) is 9.80 Å². The van der Waals surface area contributed by atoms with E-state index in [0.717, 1.165) is 11.8 Å². The van der Waals surface area contributed by atoms with Crippen LogP contribution in [0.4, 0.5) is 4.79 Å². The zero-order valence-electron chi connectivity index (χ0n) is 14.1. The molecule has 0 bridgehead atoms. The molecule has 24 heavy (non-hydrogen) atoms. The largest absolute Gasteiger partial charge is 0.445 e. The summed E-state index contributed by atoms with van der Waals surface area (Å²) in [6.45, 7) is 4.94. The highest BCUT2D eigenvalue weighted by Gasteiger charge is 2.24. The molecular weight excluding hydrogens is 332 g/mol. The van der Waals surface area contributed by atoms with E-state index in [1.165, 1.54) is 0 Å². The molecule has 1 saturated heterocycles. The molecule has 1 aliphatic heterocycles. The van der Waals surface area contributed by atoms with Gasteiger partial charge in [0.15, 0.2) is 0 Å². The molecule has 1 aromatic carbocycles. The van der Waals surface area contributed by atoms with Gasteiger partial charge < -0.3 is 9.64 Å². The lowest BCUT2D eigenvalue weighted by molar-refractivity contribution is 0.0617. The van der Waals surface area contributed by atoms with Crippen molar-refractivity contribution < 1.29 is 22.1 Å². The van der Waals surface area contributed by atoms with Gasteiger partial charge >= 0.3 is 6.09 Å². The highest BCUT2D eigenvalue weighted by Crippen LogP contribution is 2.08. The smallest absolute Gasteiger partial charge is 0.410 e. The van der Waals surface area contributed by atoms with Gasteiger partial charge in [-0.3, -0.25) is 9.08 Å². The fraction of sp³-hybridized carbons (Fsp3) is 0.562. The number of amides is 1. The van der Waals surface area contributed by atoms with Gasteiger partial charge in [0.05, 0.1) is 12.4 Å². The summed E-state index contributed by atoms with van der Waals surface area (Å²) >= 11 is 0. The average Bonchev–Trinajstić information content (AvgIpc) is 2.52. The first kappa shape index (κ1) is 18.7. The molecule has 134 valence electrons. The number of piperazine rings is 1. The maximum absolute atomic E-state index is 12.1. The summed E-state index contributed by atoms with van der Waals surface area (Å²) in [6.07, 6.45) is 0.319. The summed E-state index contributed by atoms with van der Waals surface area (Å²) in [5.74, 6) is 0. The summed E-state index contributed by atoms with van der Waals surface area (Å²) in [5.41, 5.74) is 0.955. The first-order chi connectivity index (χ1) is 11.3. The lowest BCUT2D eigenvalue weighted by Gasteiger charge is -2.35. The van der Waals surface area contributed by atoms with Crippen LogP contribution in [0.5, 0.6) is 0 Å². The molecule has 1 fully saturated rings. The number of nitrogens with zero attached hydrogens (tertiary/aromatic N) is 2. The Morgan fingerprint density at radius 1 is 1.17 bits per heavy atom. The van der Waals surface area contributed by atoms with E-state index >= 15 is 0 Å². The first-order valence-electron chi connectivity index (χ1n) is 7.90. The van der Waals surface area contributed by atoms with Crippen LogP contribution in [0.1, 0.15) is 12.5 Å². The second-order valence-corrected chi connectivity index (χ2v) is 7.54. The van der Waals surface area contributed by atoms with Gasteiger partial charge in [-0.25, -0.2) is 4.79 Å². The van der Waals surface area contributed by atoms with Crippen molar-refractivity contribution in [3.05, 3.63) is 35.9 Å². The maximum atomic E-state index is 12.1. The summed E-state index contributed by atoms with van der Waals surface area (Å²) in [7, 11) is -3.44. The van der Waals surface area contributed by atoms with Crippen molar-refractivity contribution in [1.29, 1.82) is 0 Å². The monoisotopic (exact) mass is 356 g/mol. The third-order valence-corrected chi connectivity index (χ3v) is 4.37. The standard InChI is InChI=1S/C16H24N2O5S/c1-14(23-24(2,20)21)12-17-8-10-18(11-9-17)16(19)22-13-15-6-4-3-5-7-15/h3-7,14H,8-13H2,1-2H3. The van der Waals surface area contributed by atoms with Crippen molar-refractivity contribution in [2.45, 2.75) is 19.6 Å². The molecule has 1 heterocycles. The highest BCUT2D eigenvalue weighted by molar-refractivity contribution is 7.86. The van der Waals surface area contributed by atoms with Crippen molar-refractivity contribution in [3.8, 4) is 0 Å². The number of carbonyl (C=O) groups is 1. The van der Waals surface area contributed by atoms with Crippen LogP contribution in [0.2, 0.25) is 0 Å². The van der Waals surface area contributed by atoms with Gasteiger partial charge in [0.25, 0.3) is 10.1 Å². The molecule has 2 rings (SSSR count). The van der Waals surface area contributed by atoms with E-state index in [2.05, 4.69) is 4.90 Å². The molecule has 1 atom stereocenters. The molecule has 0 saturated carbocycles. The third-order valence-electron chi connectivity index (χ3n) is 3.69. The molecule has 1 aromatic rings. The van der Waals surface area contributed by atoms with Crippen LogP contribution in [-0.2, 0) is 25.6 Å². The van der Waals surface area contributed by atoms with Crippen LogP contribution >= 0.6 is 0 Å². The minimum Gasteiger partial charge on any atom is -0.445 e. The van der Waals surface area contributed by atoms with Crippen molar-refractivity contribution >= 4 is 16.2 Å². The zero-order chi connectivity index (χ0) is 17.6. The van der Waals surface area contributed by atoms with Gasteiger partial charge in [0.2, 0.25) is 0 Å². The molecule has 0 aliphatic carbocycles. The number of ether oxygens (including phenoxy) is 1. The quantitative estimate of drug-likeness (QED) is 0.715. The number of rotatable bonds is 6. The Hall–Kier alpha value is -1.64. The van der Waals surface area contributed by atoms with E-state index in [1.807, 2.05) is 30.3 Å². The van der Waals surface area contributed by atoms with Crippen LogP contribution in [0.15, 0.2) is 30.3 Å². The molecule has 0 N–H and O–H groups in total. The predicted octanol–water partition coefficient (Wildman–Crippen LogP) is 1.31. The molecule has 1 aliphatic rings. The summed E-state index contributed by atoms with van der Waals surface area (Å²) in [6, 6.07) is 9.55. The third kappa shape index (κ3) is 6.46. The van der Waals surface area contributed by atoms with Crippen molar-refractivity contribution in [2.75, 3.05) is 39.0 Å². The molecular formula is C16H24N2O5S. The molecule has 0 radical (unpaired) electrons. The van der Waals surface area contributed by atoms with Crippen LogP contribution in [0.25, 0.3) is 0 Å². The molecule has 0 aromatic heterocycles. The highest BCUT2D eigenvalue weighted by atomic mass is 32.2. The zero-order valence-corrected chi connectivity index (χ0v) is 14.9. The molecule has 1 amide bonds. The average molecular weight is 356 g/mol. The van der Waals surface area contributed by atoms with E-state index in [1.54, 1.807) is 11.8 Å². The summed E-state index contributed by atoms with van der Waals surface area (Å²) in [5, 5.41) is 0. The lowest BCUT2D eigenvalue weighted by atomic mass is 10.2. The first-order valence-corrected chi connectivity index (χ1v) is 9.71. The minimum atomic E-state index is -3.44. The van der Waals surface area contributed by atoms with Crippen LogP contribution in [0.3, 0.4) is 0 Å². The van der Waals surface area contributed by atoms with Gasteiger partial charge in [-0.05, 0) is 12.5 Å². The number of hydrogen-bond donors (Lipinski definition) is 0. The van der Waals surface area contributed by atoms with E-state index in [-0.39, 0.29) is 12.7 Å². The molecule has 0 spiro atoms. The summed E-state index contributed by atoms with van der Waals surface area (Å²) in [4.78, 5) is 15.8. The van der Waals surface area contributed by atoms with Gasteiger partial charge in [0.1, 0.15) is 6.61 Å². The molecule has 7 nitrogen and oxygen atoms in total. The fourth-order valence-corrected chi connectivity index (χ4v) is 3.27. The number of benzene rings is 1. The Morgan fingerprint density at radius 2 is 1.79 bits per heavy atom. The fourth-order valence-electron chi connectivity index (χ4n) is 2.62. The Kier molecular flexibility index (Phi) is 6.59. The van der Waals surface area contributed by atoms with Gasteiger partial charge in [-0.15, -0.1) is 0 Å². The van der Waals surface area contributed by atoms with Gasteiger partial charge in [-0.2, -0.15) is 8.42 Å². The predicted molar refractivity (Wildman–Crippen MR) is 90.0 cm³/mol. The normalized spacial score (nSPS) is 17.5. The van der Waals surface area contributed by atoms with Crippen molar-refractivity contribution in [2.24, 2.45) is 0 Å². The molecule has 1 unspecified atom stereocenters.